The van der Waals surface area contributed by atoms with Crippen LogP contribution in [0, 0.1) is 12.8 Å². The number of piperidine rings is 1. The van der Waals surface area contributed by atoms with Crippen molar-refractivity contribution >= 4 is 17.5 Å². The molecule has 6 nitrogen and oxygen atoms in total. The first kappa shape index (κ1) is 22.5. The van der Waals surface area contributed by atoms with Crippen molar-refractivity contribution in [1.29, 1.82) is 0 Å². The monoisotopic (exact) mass is 434 g/mol. The van der Waals surface area contributed by atoms with Gasteiger partial charge in [0.2, 0.25) is 5.91 Å². The predicted molar refractivity (Wildman–Crippen MR) is 126 cm³/mol. The maximum Gasteiger partial charge on any atom is 0.257 e. The minimum atomic E-state index is -0.141. The van der Waals surface area contributed by atoms with Gasteiger partial charge >= 0.3 is 0 Å². The van der Waals surface area contributed by atoms with Crippen LogP contribution in [0.4, 0.5) is 5.69 Å². The first-order chi connectivity index (χ1) is 15.6. The van der Waals surface area contributed by atoms with E-state index >= 15 is 0 Å². The molecule has 1 aromatic heterocycles. The molecule has 2 fully saturated rings. The number of likely N-dealkylation sites (tertiary alicyclic amines) is 1. The van der Waals surface area contributed by atoms with Crippen LogP contribution in [0.5, 0.6) is 0 Å². The standard InChI is InChI=1S/C26H34N4O2/c1-19-10-13-27-17-24(19)26(32)29-23-9-5-6-20(16-23)18-30-14-11-21(12-15-30)25(31)28-22-7-3-2-4-8-22/h5-6,9-10,13,16-17,21-22H,2-4,7-8,11-12,14-15,18H2,1H3,(H,28,31)(H,29,32). The van der Waals surface area contributed by atoms with E-state index in [4.69, 9.17) is 0 Å². The van der Waals surface area contributed by atoms with Gasteiger partial charge in [-0.1, -0.05) is 31.4 Å². The van der Waals surface area contributed by atoms with Gasteiger partial charge in [-0.05, 0) is 75.0 Å². The molecule has 0 atom stereocenters. The highest BCUT2D eigenvalue weighted by Gasteiger charge is 2.27. The average molecular weight is 435 g/mol. The van der Waals surface area contributed by atoms with Gasteiger partial charge in [-0.15, -0.1) is 0 Å². The Morgan fingerprint density at radius 3 is 2.59 bits per heavy atom. The van der Waals surface area contributed by atoms with Gasteiger partial charge in [-0.2, -0.15) is 0 Å². The topological polar surface area (TPSA) is 74.3 Å². The summed E-state index contributed by atoms with van der Waals surface area (Å²) in [4.78, 5) is 31.7. The van der Waals surface area contributed by atoms with E-state index in [2.05, 4.69) is 26.6 Å². The van der Waals surface area contributed by atoms with Crippen LogP contribution >= 0.6 is 0 Å². The number of aromatic nitrogens is 1. The first-order valence-electron chi connectivity index (χ1n) is 11.9. The van der Waals surface area contributed by atoms with Crippen LogP contribution in [0.2, 0.25) is 0 Å². The molecule has 2 aromatic rings. The van der Waals surface area contributed by atoms with Crippen molar-refractivity contribution in [3.05, 3.63) is 59.4 Å². The molecule has 2 amide bonds. The number of amides is 2. The van der Waals surface area contributed by atoms with E-state index in [1.807, 2.05) is 31.2 Å². The number of rotatable bonds is 6. The fourth-order valence-corrected chi connectivity index (χ4v) is 4.83. The molecule has 4 rings (SSSR count). The SMILES string of the molecule is Cc1ccncc1C(=O)Nc1cccc(CN2CCC(C(=O)NC3CCCCC3)CC2)c1. The second kappa shape index (κ2) is 10.7. The van der Waals surface area contributed by atoms with Crippen molar-refractivity contribution in [2.75, 3.05) is 18.4 Å². The molecule has 0 spiro atoms. The summed E-state index contributed by atoms with van der Waals surface area (Å²) < 4.78 is 0. The van der Waals surface area contributed by atoms with E-state index in [9.17, 15) is 9.59 Å². The van der Waals surface area contributed by atoms with Crippen LogP contribution < -0.4 is 10.6 Å². The number of hydrogen-bond acceptors (Lipinski definition) is 4. The van der Waals surface area contributed by atoms with Crippen LogP contribution in [-0.4, -0.2) is 40.8 Å². The number of carbonyl (C=O) groups is 2. The second-order valence-electron chi connectivity index (χ2n) is 9.24. The molecule has 1 aliphatic heterocycles. The Morgan fingerprint density at radius 1 is 1.06 bits per heavy atom. The maximum absolute atomic E-state index is 12.6. The van der Waals surface area contributed by atoms with Crippen LogP contribution in [-0.2, 0) is 11.3 Å². The Balaban J connectivity index is 1.27. The summed E-state index contributed by atoms with van der Waals surface area (Å²) in [6.45, 7) is 4.58. The second-order valence-corrected chi connectivity index (χ2v) is 9.24. The predicted octanol–water partition coefficient (Wildman–Crippen LogP) is 4.30. The molecule has 1 aromatic carbocycles. The lowest BCUT2D eigenvalue weighted by Gasteiger charge is -2.32. The van der Waals surface area contributed by atoms with Crippen molar-refractivity contribution in [3.63, 3.8) is 0 Å². The van der Waals surface area contributed by atoms with Gasteiger partial charge in [0.1, 0.15) is 0 Å². The Kier molecular flexibility index (Phi) is 7.53. The Labute approximate surface area is 190 Å². The molecular weight excluding hydrogens is 400 g/mol. The lowest BCUT2D eigenvalue weighted by atomic mass is 9.92. The van der Waals surface area contributed by atoms with E-state index in [-0.39, 0.29) is 17.7 Å². The van der Waals surface area contributed by atoms with Gasteiger partial charge < -0.3 is 10.6 Å². The van der Waals surface area contributed by atoms with E-state index in [0.717, 1.165) is 62.1 Å². The summed E-state index contributed by atoms with van der Waals surface area (Å²) >= 11 is 0. The summed E-state index contributed by atoms with van der Waals surface area (Å²) in [6, 6.07) is 10.2. The van der Waals surface area contributed by atoms with Gasteiger partial charge in [0.05, 0.1) is 5.56 Å². The highest BCUT2D eigenvalue weighted by molar-refractivity contribution is 6.05. The number of nitrogens with zero attached hydrogens (tertiary/aromatic N) is 2. The van der Waals surface area contributed by atoms with Crippen molar-refractivity contribution in [3.8, 4) is 0 Å². The minimum Gasteiger partial charge on any atom is -0.353 e. The maximum atomic E-state index is 12.6. The zero-order chi connectivity index (χ0) is 22.3. The molecule has 2 aliphatic rings. The third kappa shape index (κ3) is 5.94. The van der Waals surface area contributed by atoms with Crippen molar-refractivity contribution in [1.82, 2.24) is 15.2 Å². The lowest BCUT2D eigenvalue weighted by molar-refractivity contribution is -0.127. The summed E-state index contributed by atoms with van der Waals surface area (Å²) in [7, 11) is 0. The highest BCUT2D eigenvalue weighted by Crippen LogP contribution is 2.23. The van der Waals surface area contributed by atoms with Crippen LogP contribution in [0.3, 0.4) is 0 Å². The summed E-state index contributed by atoms with van der Waals surface area (Å²) in [5.41, 5.74) is 3.45. The fraction of sp³-hybridized carbons (Fsp3) is 0.500. The molecule has 1 aliphatic carbocycles. The molecule has 6 heteroatoms. The number of aryl methyl sites for hydroxylation is 1. The first-order valence-corrected chi connectivity index (χ1v) is 11.9. The number of nitrogens with one attached hydrogen (secondary N) is 2. The molecule has 0 unspecified atom stereocenters. The zero-order valence-corrected chi connectivity index (χ0v) is 19.0. The van der Waals surface area contributed by atoms with Gasteiger partial charge in [-0.25, -0.2) is 0 Å². The number of pyridine rings is 1. The molecular formula is C26H34N4O2. The number of hydrogen-bond donors (Lipinski definition) is 2. The summed E-state index contributed by atoms with van der Waals surface area (Å²) in [6.07, 6.45) is 11.2. The smallest absolute Gasteiger partial charge is 0.257 e. The minimum absolute atomic E-state index is 0.140. The Morgan fingerprint density at radius 2 is 1.84 bits per heavy atom. The number of benzene rings is 1. The van der Waals surface area contributed by atoms with Gasteiger partial charge in [0.25, 0.3) is 5.91 Å². The Bertz CT molecular complexity index is 931. The largest absolute Gasteiger partial charge is 0.353 e. The van der Waals surface area contributed by atoms with E-state index in [1.165, 1.54) is 19.3 Å². The number of anilines is 1. The molecule has 2 heterocycles. The molecule has 1 saturated heterocycles. The van der Waals surface area contributed by atoms with Crippen molar-refractivity contribution < 1.29 is 9.59 Å². The third-order valence-corrected chi connectivity index (χ3v) is 6.78. The molecule has 0 radical (unpaired) electrons. The van der Waals surface area contributed by atoms with Crippen molar-refractivity contribution in [2.45, 2.75) is 64.5 Å². The van der Waals surface area contributed by atoms with E-state index < -0.39 is 0 Å². The van der Waals surface area contributed by atoms with Gasteiger partial charge in [0, 0.05) is 36.6 Å². The van der Waals surface area contributed by atoms with Crippen LogP contribution in [0.1, 0.15) is 66.4 Å². The number of carbonyl (C=O) groups excluding carboxylic acids is 2. The zero-order valence-electron chi connectivity index (χ0n) is 19.0. The highest BCUT2D eigenvalue weighted by atomic mass is 16.2. The Hall–Kier alpha value is -2.73. The van der Waals surface area contributed by atoms with Crippen LogP contribution in [0.15, 0.2) is 42.7 Å². The van der Waals surface area contributed by atoms with Gasteiger partial charge in [0.15, 0.2) is 0 Å². The molecule has 0 bridgehead atoms. The summed E-state index contributed by atoms with van der Waals surface area (Å²) in [5, 5.41) is 6.28. The molecule has 1 saturated carbocycles. The van der Waals surface area contributed by atoms with E-state index in [1.54, 1.807) is 12.4 Å². The molecule has 32 heavy (non-hydrogen) atoms. The summed E-state index contributed by atoms with van der Waals surface area (Å²) in [5.74, 6) is 0.256. The third-order valence-electron chi connectivity index (χ3n) is 6.78. The van der Waals surface area contributed by atoms with Gasteiger partial charge in [-0.3, -0.25) is 19.5 Å². The molecule has 170 valence electrons. The fourth-order valence-electron chi connectivity index (χ4n) is 4.83. The average Bonchev–Trinajstić information content (AvgIpc) is 2.81. The van der Waals surface area contributed by atoms with Crippen LogP contribution in [0.25, 0.3) is 0 Å². The lowest BCUT2D eigenvalue weighted by Crippen LogP contribution is -2.44. The molecule has 2 N–H and O–H groups in total. The van der Waals surface area contributed by atoms with Crippen molar-refractivity contribution in [2.24, 2.45) is 5.92 Å². The quantitative estimate of drug-likeness (QED) is 0.711. The normalized spacial score (nSPS) is 18.3. The van der Waals surface area contributed by atoms with E-state index in [0.29, 0.717) is 11.6 Å².